The molecule has 0 saturated carbocycles. The molecule has 0 radical (unpaired) electrons. The molecule has 1 aliphatic rings. The van der Waals surface area contributed by atoms with Crippen molar-refractivity contribution < 1.29 is 0 Å². The minimum Gasteiger partial charge on any atom is -0.397 e. The van der Waals surface area contributed by atoms with Crippen LogP contribution in [0.15, 0.2) is 42.3 Å². The number of aromatic nitrogens is 1. The zero-order valence-corrected chi connectivity index (χ0v) is 8.11. The summed E-state index contributed by atoms with van der Waals surface area (Å²) in [6, 6.07) is 1.98. The Kier molecular flexibility index (Phi) is 2.63. The summed E-state index contributed by atoms with van der Waals surface area (Å²) >= 11 is 0. The van der Waals surface area contributed by atoms with Crippen LogP contribution in [0.3, 0.4) is 0 Å². The molecule has 0 amide bonds. The van der Waals surface area contributed by atoms with Gasteiger partial charge in [-0.1, -0.05) is 18.2 Å². The third kappa shape index (κ3) is 2.22. The van der Waals surface area contributed by atoms with E-state index in [0.717, 1.165) is 18.5 Å². The topological polar surface area (TPSA) is 38.9 Å². The summed E-state index contributed by atoms with van der Waals surface area (Å²) in [6.45, 7) is 0. The second kappa shape index (κ2) is 4.09. The average Bonchev–Trinajstić information content (AvgIpc) is 2.19. The molecule has 0 atom stereocenters. The first-order valence-electron chi connectivity index (χ1n) is 4.89. The van der Waals surface area contributed by atoms with Crippen molar-refractivity contribution in [1.82, 2.24) is 4.98 Å². The van der Waals surface area contributed by atoms with Gasteiger partial charge < -0.3 is 5.73 Å². The highest BCUT2D eigenvalue weighted by molar-refractivity contribution is 5.39. The lowest BCUT2D eigenvalue weighted by atomic mass is 10.0. The van der Waals surface area contributed by atoms with Crippen LogP contribution in [0.4, 0.5) is 5.69 Å². The Morgan fingerprint density at radius 1 is 1.29 bits per heavy atom. The van der Waals surface area contributed by atoms with Crippen LogP contribution in [0.1, 0.15) is 18.4 Å². The number of hydrogen-bond acceptors (Lipinski definition) is 2. The van der Waals surface area contributed by atoms with Crippen molar-refractivity contribution in [2.45, 2.75) is 19.3 Å². The molecule has 0 spiro atoms. The van der Waals surface area contributed by atoms with Gasteiger partial charge in [0.05, 0.1) is 5.69 Å². The third-order valence-electron chi connectivity index (χ3n) is 2.30. The van der Waals surface area contributed by atoms with E-state index >= 15 is 0 Å². The van der Waals surface area contributed by atoms with E-state index in [0.29, 0.717) is 0 Å². The Balaban J connectivity index is 2.10. The largest absolute Gasteiger partial charge is 0.397 e. The van der Waals surface area contributed by atoms with Gasteiger partial charge in [0, 0.05) is 12.4 Å². The van der Waals surface area contributed by atoms with Gasteiger partial charge in [-0.05, 0) is 36.5 Å². The van der Waals surface area contributed by atoms with Gasteiger partial charge in [-0.3, -0.25) is 4.98 Å². The van der Waals surface area contributed by atoms with Gasteiger partial charge in [0.2, 0.25) is 0 Å². The number of nitrogen functional groups attached to an aromatic ring is 1. The van der Waals surface area contributed by atoms with E-state index in [4.69, 9.17) is 5.73 Å². The monoisotopic (exact) mass is 186 g/mol. The zero-order valence-electron chi connectivity index (χ0n) is 8.11. The number of nitrogens with zero attached hydrogens (tertiary/aromatic N) is 1. The van der Waals surface area contributed by atoms with Crippen LogP contribution < -0.4 is 5.73 Å². The Morgan fingerprint density at radius 3 is 2.93 bits per heavy atom. The van der Waals surface area contributed by atoms with Crippen LogP contribution in [0, 0.1) is 0 Å². The van der Waals surface area contributed by atoms with Gasteiger partial charge >= 0.3 is 0 Å². The molecule has 14 heavy (non-hydrogen) atoms. The predicted molar refractivity (Wildman–Crippen MR) is 58.8 cm³/mol. The highest BCUT2D eigenvalue weighted by Crippen LogP contribution is 2.15. The zero-order chi connectivity index (χ0) is 9.80. The van der Waals surface area contributed by atoms with Crippen molar-refractivity contribution in [2.75, 3.05) is 5.73 Å². The Bertz CT molecular complexity index is 378. The number of rotatable bonds is 2. The molecule has 1 aromatic heterocycles. The van der Waals surface area contributed by atoms with E-state index in [1.165, 1.54) is 17.6 Å². The molecule has 0 aliphatic heterocycles. The van der Waals surface area contributed by atoms with Crippen LogP contribution in [0.5, 0.6) is 0 Å². The lowest BCUT2D eigenvalue weighted by Gasteiger charge is -2.06. The normalized spacial score (nSPS) is 15.3. The molecule has 1 aliphatic carbocycles. The molecule has 0 saturated heterocycles. The molecular formula is C12H14N2. The van der Waals surface area contributed by atoms with Gasteiger partial charge in [0.25, 0.3) is 0 Å². The van der Waals surface area contributed by atoms with E-state index in [1.807, 2.05) is 12.3 Å². The van der Waals surface area contributed by atoms with Crippen molar-refractivity contribution in [3.63, 3.8) is 0 Å². The molecule has 2 nitrogen and oxygen atoms in total. The van der Waals surface area contributed by atoms with Gasteiger partial charge in [0.1, 0.15) is 0 Å². The molecule has 0 aromatic carbocycles. The smallest absolute Gasteiger partial charge is 0.0503 e. The maximum absolute atomic E-state index is 5.66. The van der Waals surface area contributed by atoms with Gasteiger partial charge in [-0.15, -0.1) is 0 Å². The lowest BCUT2D eigenvalue weighted by Crippen LogP contribution is -1.94. The fraction of sp³-hybridized carbons (Fsp3) is 0.250. The number of anilines is 1. The highest BCUT2D eigenvalue weighted by Gasteiger charge is 2.00. The number of nitrogens with two attached hydrogens (primary N) is 1. The van der Waals surface area contributed by atoms with E-state index in [2.05, 4.69) is 23.2 Å². The molecule has 2 rings (SSSR count). The summed E-state index contributed by atoms with van der Waals surface area (Å²) in [6.07, 6.45) is 13.5. The summed E-state index contributed by atoms with van der Waals surface area (Å²) in [5, 5.41) is 0. The van der Waals surface area contributed by atoms with Crippen molar-refractivity contribution in [3.05, 3.63) is 47.8 Å². The standard InChI is InChI=1S/C12H14N2/c13-12-7-11(8-14-9-12)6-10-4-2-1-3-5-10/h2,4-5,7-9H,1,3,6,13H2. The third-order valence-corrected chi connectivity index (χ3v) is 2.30. The molecule has 0 fully saturated rings. The SMILES string of the molecule is Nc1cncc(CC2=CCCC=C2)c1. The maximum Gasteiger partial charge on any atom is 0.0503 e. The first kappa shape index (κ1) is 9.00. The highest BCUT2D eigenvalue weighted by atomic mass is 14.7. The van der Waals surface area contributed by atoms with Crippen LogP contribution in [-0.2, 0) is 6.42 Å². The number of allylic oxidation sites excluding steroid dienone is 4. The Morgan fingerprint density at radius 2 is 2.21 bits per heavy atom. The molecule has 2 heteroatoms. The first-order valence-corrected chi connectivity index (χ1v) is 4.89. The quantitative estimate of drug-likeness (QED) is 0.770. The number of hydrogen-bond donors (Lipinski definition) is 1. The van der Waals surface area contributed by atoms with E-state index < -0.39 is 0 Å². The van der Waals surface area contributed by atoms with E-state index in [-0.39, 0.29) is 0 Å². The molecule has 0 unspecified atom stereocenters. The fourth-order valence-electron chi connectivity index (χ4n) is 1.64. The van der Waals surface area contributed by atoms with Crippen LogP contribution in [0.25, 0.3) is 0 Å². The molecule has 1 aromatic rings. The van der Waals surface area contributed by atoms with Crippen LogP contribution in [-0.4, -0.2) is 4.98 Å². The summed E-state index contributed by atoms with van der Waals surface area (Å²) in [5.74, 6) is 0. The summed E-state index contributed by atoms with van der Waals surface area (Å²) in [7, 11) is 0. The van der Waals surface area contributed by atoms with Crippen molar-refractivity contribution >= 4 is 5.69 Å². The molecule has 2 N–H and O–H groups in total. The van der Waals surface area contributed by atoms with Crippen molar-refractivity contribution in [3.8, 4) is 0 Å². The summed E-state index contributed by atoms with van der Waals surface area (Å²) in [4.78, 5) is 4.07. The molecular weight excluding hydrogens is 172 g/mol. The maximum atomic E-state index is 5.66. The Hall–Kier alpha value is -1.57. The second-order valence-corrected chi connectivity index (χ2v) is 3.56. The van der Waals surface area contributed by atoms with Crippen molar-refractivity contribution in [1.29, 1.82) is 0 Å². The molecule has 1 heterocycles. The first-order chi connectivity index (χ1) is 6.84. The minimum atomic E-state index is 0.739. The van der Waals surface area contributed by atoms with Gasteiger partial charge in [-0.2, -0.15) is 0 Å². The summed E-state index contributed by atoms with van der Waals surface area (Å²) < 4.78 is 0. The van der Waals surface area contributed by atoms with Crippen LogP contribution >= 0.6 is 0 Å². The van der Waals surface area contributed by atoms with E-state index in [9.17, 15) is 0 Å². The van der Waals surface area contributed by atoms with Gasteiger partial charge in [0.15, 0.2) is 0 Å². The second-order valence-electron chi connectivity index (χ2n) is 3.56. The van der Waals surface area contributed by atoms with E-state index in [1.54, 1.807) is 6.20 Å². The van der Waals surface area contributed by atoms with Crippen LogP contribution in [0.2, 0.25) is 0 Å². The van der Waals surface area contributed by atoms with Crippen molar-refractivity contribution in [2.24, 2.45) is 0 Å². The average molecular weight is 186 g/mol. The fourth-order valence-corrected chi connectivity index (χ4v) is 1.64. The lowest BCUT2D eigenvalue weighted by molar-refractivity contribution is 0.991. The minimum absolute atomic E-state index is 0.739. The molecule has 72 valence electrons. The molecule has 0 bridgehead atoms. The Labute approximate surface area is 84.2 Å². The predicted octanol–water partition coefficient (Wildman–Crippen LogP) is 2.48. The summed E-state index contributed by atoms with van der Waals surface area (Å²) in [5.41, 5.74) is 8.95. The number of pyridine rings is 1. The van der Waals surface area contributed by atoms with Gasteiger partial charge in [-0.25, -0.2) is 0 Å².